The summed E-state index contributed by atoms with van der Waals surface area (Å²) < 4.78 is 0. The lowest BCUT2D eigenvalue weighted by molar-refractivity contribution is -0.129. The molecule has 1 amide bonds. The van der Waals surface area contributed by atoms with Gasteiger partial charge in [-0.05, 0) is 12.8 Å². The van der Waals surface area contributed by atoms with Crippen LogP contribution >= 0.6 is 0 Å². The first-order valence-corrected chi connectivity index (χ1v) is 3.70. The molecular formula is C7H14N2O. The average Bonchev–Trinajstić information content (AvgIpc) is 2.36. The van der Waals surface area contributed by atoms with Crippen molar-refractivity contribution in [2.45, 2.75) is 32.6 Å². The molecule has 0 atom stereocenters. The van der Waals surface area contributed by atoms with E-state index in [4.69, 9.17) is 5.84 Å². The topological polar surface area (TPSA) is 55.1 Å². The summed E-state index contributed by atoms with van der Waals surface area (Å²) in [5.74, 6) is 5.03. The van der Waals surface area contributed by atoms with Crippen molar-refractivity contribution in [2.24, 2.45) is 11.3 Å². The predicted octanol–water partition coefficient (Wildman–Crippen LogP) is 0.557. The summed E-state index contributed by atoms with van der Waals surface area (Å²) in [6, 6.07) is 0. The highest BCUT2D eigenvalue weighted by Gasteiger charge is 2.35. The summed E-state index contributed by atoms with van der Waals surface area (Å²) in [4.78, 5) is 11.1. The van der Waals surface area contributed by atoms with E-state index in [1.54, 1.807) is 0 Å². The highest BCUT2D eigenvalue weighted by atomic mass is 16.2. The van der Waals surface area contributed by atoms with Gasteiger partial charge in [0.05, 0.1) is 0 Å². The van der Waals surface area contributed by atoms with E-state index in [1.807, 2.05) is 6.92 Å². The predicted molar refractivity (Wildman–Crippen MR) is 38.9 cm³/mol. The van der Waals surface area contributed by atoms with Gasteiger partial charge in [-0.2, -0.15) is 0 Å². The normalized spacial score (nSPS) is 22.6. The van der Waals surface area contributed by atoms with Gasteiger partial charge >= 0.3 is 0 Å². The van der Waals surface area contributed by atoms with Crippen LogP contribution in [-0.4, -0.2) is 5.91 Å². The monoisotopic (exact) mass is 142 g/mol. The molecule has 1 saturated carbocycles. The Morgan fingerprint density at radius 2 is 2.00 bits per heavy atom. The minimum atomic E-state index is -0.172. The number of nitrogens with two attached hydrogens (primary N) is 1. The Morgan fingerprint density at radius 3 is 2.40 bits per heavy atom. The van der Waals surface area contributed by atoms with Crippen molar-refractivity contribution in [3.8, 4) is 0 Å². The van der Waals surface area contributed by atoms with Gasteiger partial charge in [-0.25, -0.2) is 5.84 Å². The first-order chi connectivity index (χ1) is 4.69. The van der Waals surface area contributed by atoms with Gasteiger partial charge in [0.25, 0.3) is 0 Å². The van der Waals surface area contributed by atoms with Crippen LogP contribution in [0.25, 0.3) is 0 Å². The number of carbonyl (C=O) groups excluding carboxylic acids is 1. The summed E-state index contributed by atoms with van der Waals surface area (Å²) in [6.45, 7) is 1.97. The van der Waals surface area contributed by atoms with E-state index in [0.717, 1.165) is 25.7 Å². The molecule has 0 aromatic carbocycles. The van der Waals surface area contributed by atoms with E-state index >= 15 is 0 Å². The van der Waals surface area contributed by atoms with Crippen LogP contribution in [-0.2, 0) is 4.79 Å². The summed E-state index contributed by atoms with van der Waals surface area (Å²) in [6.07, 6.45) is 4.28. The Kier molecular flexibility index (Phi) is 1.94. The fraction of sp³-hybridized carbons (Fsp3) is 0.857. The number of hydrazine groups is 1. The number of amides is 1. The molecule has 58 valence electrons. The molecule has 0 heterocycles. The Hall–Kier alpha value is -0.570. The highest BCUT2D eigenvalue weighted by molar-refractivity contribution is 5.81. The number of rotatable bonds is 1. The average molecular weight is 142 g/mol. The Morgan fingerprint density at radius 1 is 1.50 bits per heavy atom. The fourth-order valence-corrected chi connectivity index (χ4v) is 1.56. The maximum Gasteiger partial charge on any atom is 0.239 e. The van der Waals surface area contributed by atoms with Crippen LogP contribution in [0.2, 0.25) is 0 Å². The number of carbonyl (C=O) groups is 1. The molecule has 1 fully saturated rings. The zero-order chi connectivity index (χ0) is 7.61. The quantitative estimate of drug-likeness (QED) is 0.319. The van der Waals surface area contributed by atoms with Crippen LogP contribution in [0.5, 0.6) is 0 Å². The maximum absolute atomic E-state index is 11.1. The van der Waals surface area contributed by atoms with Gasteiger partial charge in [0, 0.05) is 5.41 Å². The van der Waals surface area contributed by atoms with Gasteiger partial charge in [-0.1, -0.05) is 19.8 Å². The van der Waals surface area contributed by atoms with Gasteiger partial charge in [-0.3, -0.25) is 10.2 Å². The molecule has 0 unspecified atom stereocenters. The lowest BCUT2D eigenvalue weighted by Gasteiger charge is -2.19. The smallest absolute Gasteiger partial charge is 0.239 e. The van der Waals surface area contributed by atoms with Crippen molar-refractivity contribution >= 4 is 5.91 Å². The van der Waals surface area contributed by atoms with E-state index in [9.17, 15) is 4.79 Å². The molecule has 1 rings (SSSR count). The van der Waals surface area contributed by atoms with Gasteiger partial charge in [-0.15, -0.1) is 0 Å². The molecule has 0 radical (unpaired) electrons. The summed E-state index contributed by atoms with van der Waals surface area (Å²) in [7, 11) is 0. The minimum absolute atomic E-state index is 0.00926. The largest absolute Gasteiger partial charge is 0.294 e. The molecule has 10 heavy (non-hydrogen) atoms. The molecule has 0 aromatic rings. The first kappa shape index (κ1) is 7.54. The van der Waals surface area contributed by atoms with E-state index in [-0.39, 0.29) is 11.3 Å². The standard InChI is InChI=1S/C7H14N2O/c1-7(6(10)9-8)4-2-3-5-7/h2-5,8H2,1H3,(H,9,10). The minimum Gasteiger partial charge on any atom is -0.294 e. The van der Waals surface area contributed by atoms with Crippen molar-refractivity contribution in [2.75, 3.05) is 0 Å². The van der Waals surface area contributed by atoms with Crippen LogP contribution in [0.1, 0.15) is 32.6 Å². The van der Waals surface area contributed by atoms with Crippen molar-refractivity contribution in [1.82, 2.24) is 5.43 Å². The molecule has 3 N–H and O–H groups in total. The summed E-state index contributed by atoms with van der Waals surface area (Å²) in [5, 5.41) is 0. The van der Waals surface area contributed by atoms with Crippen LogP contribution in [0.4, 0.5) is 0 Å². The molecule has 3 nitrogen and oxygen atoms in total. The third-order valence-corrected chi connectivity index (χ3v) is 2.39. The van der Waals surface area contributed by atoms with Crippen LogP contribution in [0, 0.1) is 5.41 Å². The van der Waals surface area contributed by atoms with Crippen LogP contribution in [0.3, 0.4) is 0 Å². The Bertz CT molecular complexity index is 139. The molecule has 3 heteroatoms. The van der Waals surface area contributed by atoms with Gasteiger partial charge in [0.15, 0.2) is 0 Å². The lowest BCUT2D eigenvalue weighted by atomic mass is 9.88. The second-order valence-corrected chi connectivity index (χ2v) is 3.24. The van der Waals surface area contributed by atoms with Gasteiger partial charge in [0.1, 0.15) is 0 Å². The Balaban J connectivity index is 2.58. The first-order valence-electron chi connectivity index (χ1n) is 3.70. The van der Waals surface area contributed by atoms with Crippen molar-refractivity contribution in [3.05, 3.63) is 0 Å². The van der Waals surface area contributed by atoms with Crippen molar-refractivity contribution in [1.29, 1.82) is 0 Å². The van der Waals surface area contributed by atoms with E-state index in [1.165, 1.54) is 0 Å². The number of nitrogens with one attached hydrogen (secondary N) is 1. The molecular weight excluding hydrogens is 128 g/mol. The molecule has 0 spiro atoms. The van der Waals surface area contributed by atoms with Gasteiger partial charge in [0.2, 0.25) is 5.91 Å². The highest BCUT2D eigenvalue weighted by Crippen LogP contribution is 2.37. The van der Waals surface area contributed by atoms with E-state index in [0.29, 0.717) is 0 Å². The summed E-state index contributed by atoms with van der Waals surface area (Å²) in [5.41, 5.74) is 2.04. The molecule has 0 bridgehead atoms. The second kappa shape index (κ2) is 2.58. The second-order valence-electron chi connectivity index (χ2n) is 3.24. The Labute approximate surface area is 60.9 Å². The summed E-state index contributed by atoms with van der Waals surface area (Å²) >= 11 is 0. The zero-order valence-electron chi connectivity index (χ0n) is 6.31. The van der Waals surface area contributed by atoms with Crippen molar-refractivity contribution < 1.29 is 4.79 Å². The lowest BCUT2D eigenvalue weighted by Crippen LogP contribution is -2.41. The maximum atomic E-state index is 11.1. The number of hydrogen-bond acceptors (Lipinski definition) is 2. The van der Waals surface area contributed by atoms with E-state index in [2.05, 4.69) is 5.43 Å². The fourth-order valence-electron chi connectivity index (χ4n) is 1.56. The molecule has 0 aromatic heterocycles. The third-order valence-electron chi connectivity index (χ3n) is 2.39. The molecule has 1 aliphatic carbocycles. The zero-order valence-corrected chi connectivity index (χ0v) is 6.31. The SMILES string of the molecule is CC1(C(=O)NN)CCCC1. The molecule has 1 aliphatic rings. The number of hydrogen-bond donors (Lipinski definition) is 2. The van der Waals surface area contributed by atoms with Crippen molar-refractivity contribution in [3.63, 3.8) is 0 Å². The van der Waals surface area contributed by atoms with Crippen LogP contribution < -0.4 is 11.3 Å². The van der Waals surface area contributed by atoms with E-state index < -0.39 is 0 Å². The molecule has 0 aliphatic heterocycles. The van der Waals surface area contributed by atoms with Crippen LogP contribution in [0.15, 0.2) is 0 Å². The third kappa shape index (κ3) is 1.14. The molecule has 0 saturated heterocycles. The van der Waals surface area contributed by atoms with Gasteiger partial charge < -0.3 is 0 Å².